The third-order valence-electron chi connectivity index (χ3n) is 3.37. The minimum atomic E-state index is -0.664. The molecule has 2 aromatic carbocycles. The fourth-order valence-corrected chi connectivity index (χ4v) is 2.25. The monoisotopic (exact) mass is 331 g/mol. The van der Waals surface area contributed by atoms with Gasteiger partial charge in [-0.2, -0.15) is 0 Å². The van der Waals surface area contributed by atoms with Gasteiger partial charge in [-0.15, -0.1) is 0 Å². The van der Waals surface area contributed by atoms with Crippen LogP contribution in [0.15, 0.2) is 42.5 Å². The molecule has 0 aliphatic rings. The zero-order chi connectivity index (χ0) is 17.0. The van der Waals surface area contributed by atoms with Gasteiger partial charge in [0.2, 0.25) is 0 Å². The largest absolute Gasteiger partial charge is 0.481 e. The van der Waals surface area contributed by atoms with Crippen LogP contribution in [0.5, 0.6) is 5.75 Å². The summed E-state index contributed by atoms with van der Waals surface area (Å²) >= 11 is 5.90. The number of carbonyl (C=O) groups excluding carboxylic acids is 2. The Morgan fingerprint density at radius 3 is 2.35 bits per heavy atom. The van der Waals surface area contributed by atoms with E-state index in [1.165, 1.54) is 6.92 Å². The molecule has 2 rings (SSSR count). The molecule has 0 saturated heterocycles. The van der Waals surface area contributed by atoms with E-state index in [0.29, 0.717) is 22.0 Å². The van der Waals surface area contributed by atoms with Crippen molar-refractivity contribution < 1.29 is 14.3 Å². The second-order valence-corrected chi connectivity index (χ2v) is 5.73. The first kappa shape index (κ1) is 17.0. The van der Waals surface area contributed by atoms with Crippen LogP contribution in [0.3, 0.4) is 0 Å². The maximum atomic E-state index is 12.2. The molecule has 0 fully saturated rings. The number of ketones is 1. The molecule has 120 valence electrons. The number of benzene rings is 2. The Balaban J connectivity index is 2.00. The first-order valence-corrected chi connectivity index (χ1v) is 7.59. The number of rotatable bonds is 5. The van der Waals surface area contributed by atoms with Crippen molar-refractivity contribution in [1.82, 2.24) is 0 Å². The molecule has 5 heteroatoms. The molecule has 0 aliphatic heterocycles. The minimum absolute atomic E-state index is 0.0159. The Morgan fingerprint density at radius 2 is 1.78 bits per heavy atom. The van der Waals surface area contributed by atoms with Gasteiger partial charge in [0.05, 0.1) is 0 Å². The average molecular weight is 332 g/mol. The highest BCUT2D eigenvalue weighted by Crippen LogP contribution is 2.23. The number of hydrogen-bond acceptors (Lipinski definition) is 3. The summed E-state index contributed by atoms with van der Waals surface area (Å²) in [5.41, 5.74) is 2.08. The lowest BCUT2D eigenvalue weighted by Crippen LogP contribution is -2.30. The van der Waals surface area contributed by atoms with Crippen LogP contribution >= 0.6 is 11.6 Å². The summed E-state index contributed by atoms with van der Waals surface area (Å²) < 4.78 is 5.67. The smallest absolute Gasteiger partial charge is 0.265 e. The number of halogens is 1. The Kier molecular flexibility index (Phi) is 5.40. The molecule has 23 heavy (non-hydrogen) atoms. The van der Waals surface area contributed by atoms with Gasteiger partial charge in [-0.1, -0.05) is 11.6 Å². The fraction of sp³-hybridized carbons (Fsp3) is 0.222. The molecule has 1 atom stereocenters. The molecule has 1 N–H and O–H groups in total. The van der Waals surface area contributed by atoms with Gasteiger partial charge in [0, 0.05) is 16.3 Å². The van der Waals surface area contributed by atoms with Gasteiger partial charge >= 0.3 is 0 Å². The van der Waals surface area contributed by atoms with Gasteiger partial charge < -0.3 is 10.1 Å². The molecule has 1 unspecified atom stereocenters. The van der Waals surface area contributed by atoms with Crippen LogP contribution in [0, 0.1) is 6.92 Å². The lowest BCUT2D eigenvalue weighted by Gasteiger charge is -2.16. The van der Waals surface area contributed by atoms with Crippen molar-refractivity contribution in [3.05, 3.63) is 58.6 Å². The van der Waals surface area contributed by atoms with Crippen LogP contribution in [0.2, 0.25) is 5.02 Å². The van der Waals surface area contributed by atoms with Gasteiger partial charge in [-0.3, -0.25) is 9.59 Å². The topological polar surface area (TPSA) is 55.4 Å². The Hall–Kier alpha value is -2.33. The number of anilines is 1. The summed E-state index contributed by atoms with van der Waals surface area (Å²) in [6.45, 7) is 5.04. The van der Waals surface area contributed by atoms with Crippen LogP contribution < -0.4 is 10.1 Å². The van der Waals surface area contributed by atoms with Crippen LogP contribution in [0.25, 0.3) is 0 Å². The van der Waals surface area contributed by atoms with E-state index in [0.717, 1.165) is 5.56 Å². The molecule has 0 spiro atoms. The number of aryl methyl sites for hydroxylation is 1. The summed E-state index contributed by atoms with van der Waals surface area (Å²) in [4.78, 5) is 23.4. The summed E-state index contributed by atoms with van der Waals surface area (Å²) in [7, 11) is 0. The van der Waals surface area contributed by atoms with Crippen LogP contribution in [0.4, 0.5) is 5.69 Å². The number of ether oxygens (including phenoxy) is 1. The van der Waals surface area contributed by atoms with Crippen molar-refractivity contribution in [3.63, 3.8) is 0 Å². The highest BCUT2D eigenvalue weighted by Gasteiger charge is 2.16. The summed E-state index contributed by atoms with van der Waals surface area (Å²) in [5, 5.41) is 3.38. The number of amides is 1. The normalized spacial score (nSPS) is 11.7. The molecule has 4 nitrogen and oxygen atoms in total. The predicted octanol–water partition coefficient (Wildman–Crippen LogP) is 4.26. The van der Waals surface area contributed by atoms with E-state index < -0.39 is 6.10 Å². The van der Waals surface area contributed by atoms with Gasteiger partial charge in [0.1, 0.15) is 5.75 Å². The van der Waals surface area contributed by atoms with E-state index in [4.69, 9.17) is 16.3 Å². The first-order chi connectivity index (χ1) is 10.9. The fourth-order valence-electron chi connectivity index (χ4n) is 2.02. The Bertz CT molecular complexity index is 726. The van der Waals surface area contributed by atoms with E-state index in [9.17, 15) is 9.59 Å². The SMILES string of the molecule is CC(=O)c1ccc(NC(=O)C(C)Oc2ccc(Cl)cc2C)cc1. The van der Waals surface area contributed by atoms with Gasteiger partial charge in [0.25, 0.3) is 5.91 Å². The van der Waals surface area contributed by atoms with Crippen LogP contribution in [0.1, 0.15) is 29.8 Å². The standard InChI is InChI=1S/C18H18ClNO3/c1-11-10-15(19)6-9-17(11)23-13(3)18(22)20-16-7-4-14(5-8-16)12(2)21/h4-10,13H,1-3H3,(H,20,22). The summed E-state index contributed by atoms with van der Waals surface area (Å²) in [6, 6.07) is 12.0. The highest BCUT2D eigenvalue weighted by atomic mass is 35.5. The number of Topliss-reactive ketones (excluding diaryl/α,β-unsaturated/α-hetero) is 1. The molecule has 1 amide bonds. The number of nitrogens with one attached hydrogen (secondary N) is 1. The van der Waals surface area contributed by atoms with Crippen LogP contribution in [-0.4, -0.2) is 17.8 Å². The van der Waals surface area contributed by atoms with E-state index in [1.807, 2.05) is 6.92 Å². The lowest BCUT2D eigenvalue weighted by atomic mass is 10.1. The molecule has 2 aromatic rings. The van der Waals surface area contributed by atoms with Crippen LogP contribution in [-0.2, 0) is 4.79 Å². The number of hydrogen-bond donors (Lipinski definition) is 1. The predicted molar refractivity (Wildman–Crippen MR) is 91.4 cm³/mol. The zero-order valence-electron chi connectivity index (χ0n) is 13.2. The van der Waals surface area contributed by atoms with E-state index in [-0.39, 0.29) is 11.7 Å². The van der Waals surface area contributed by atoms with Crippen molar-refractivity contribution in [1.29, 1.82) is 0 Å². The quantitative estimate of drug-likeness (QED) is 0.833. The van der Waals surface area contributed by atoms with E-state index in [2.05, 4.69) is 5.32 Å². The maximum absolute atomic E-state index is 12.2. The third kappa shape index (κ3) is 4.57. The Morgan fingerprint density at radius 1 is 1.13 bits per heavy atom. The average Bonchev–Trinajstić information content (AvgIpc) is 2.50. The van der Waals surface area contributed by atoms with Crippen molar-refractivity contribution in [2.75, 3.05) is 5.32 Å². The maximum Gasteiger partial charge on any atom is 0.265 e. The van der Waals surface area contributed by atoms with Crippen molar-refractivity contribution in [3.8, 4) is 5.75 Å². The van der Waals surface area contributed by atoms with Gasteiger partial charge in [-0.25, -0.2) is 0 Å². The summed E-state index contributed by atoms with van der Waals surface area (Å²) in [6.07, 6.45) is -0.664. The number of carbonyl (C=O) groups is 2. The van der Waals surface area contributed by atoms with E-state index >= 15 is 0 Å². The van der Waals surface area contributed by atoms with Crippen molar-refractivity contribution >= 4 is 29.0 Å². The molecular formula is C18H18ClNO3. The van der Waals surface area contributed by atoms with Gasteiger partial charge in [-0.05, 0) is 68.8 Å². The zero-order valence-corrected chi connectivity index (χ0v) is 14.0. The second-order valence-electron chi connectivity index (χ2n) is 5.29. The molecule has 0 radical (unpaired) electrons. The van der Waals surface area contributed by atoms with Crippen molar-refractivity contribution in [2.45, 2.75) is 26.9 Å². The highest BCUT2D eigenvalue weighted by molar-refractivity contribution is 6.30. The molecular weight excluding hydrogens is 314 g/mol. The van der Waals surface area contributed by atoms with Gasteiger partial charge in [0.15, 0.2) is 11.9 Å². The lowest BCUT2D eigenvalue weighted by molar-refractivity contribution is -0.122. The minimum Gasteiger partial charge on any atom is -0.481 e. The first-order valence-electron chi connectivity index (χ1n) is 7.21. The molecule has 0 saturated carbocycles. The molecule has 0 aliphatic carbocycles. The van der Waals surface area contributed by atoms with E-state index in [1.54, 1.807) is 49.4 Å². The second kappa shape index (κ2) is 7.29. The van der Waals surface area contributed by atoms with Crippen molar-refractivity contribution in [2.24, 2.45) is 0 Å². The third-order valence-corrected chi connectivity index (χ3v) is 3.60. The molecule has 0 bridgehead atoms. The molecule has 0 heterocycles. The summed E-state index contributed by atoms with van der Waals surface area (Å²) in [5.74, 6) is 0.330. The molecule has 0 aromatic heterocycles. The Labute approximate surface area is 140 Å².